The van der Waals surface area contributed by atoms with E-state index in [-0.39, 0.29) is 11.0 Å². The van der Waals surface area contributed by atoms with Crippen LogP contribution in [0.2, 0.25) is 0 Å². The molecule has 0 fully saturated rings. The molecule has 0 saturated heterocycles. The van der Waals surface area contributed by atoms with Crippen LogP contribution in [0.25, 0.3) is 34.2 Å². The number of benzene rings is 3. The Morgan fingerprint density at radius 2 is 1.30 bits per heavy atom. The second-order valence-electron chi connectivity index (χ2n) is 10.1. The molecule has 0 aliphatic heterocycles. The van der Waals surface area contributed by atoms with Crippen LogP contribution in [0.4, 0.5) is 8.78 Å². The average molecular weight is 496 g/mol. The molecule has 37 heavy (non-hydrogen) atoms. The van der Waals surface area contributed by atoms with E-state index in [4.69, 9.17) is 4.42 Å². The number of rotatable bonds is 6. The molecule has 0 atom stereocenters. The van der Waals surface area contributed by atoms with Crippen molar-refractivity contribution >= 4 is 0 Å². The van der Waals surface area contributed by atoms with Gasteiger partial charge in [-0.25, -0.2) is 8.78 Å². The van der Waals surface area contributed by atoms with Gasteiger partial charge in [-0.3, -0.25) is 4.98 Å². The van der Waals surface area contributed by atoms with Crippen LogP contribution in [0, 0.1) is 11.6 Å². The van der Waals surface area contributed by atoms with Gasteiger partial charge in [0.2, 0.25) is 11.8 Å². The Bertz CT molecular complexity index is 1500. The van der Waals surface area contributed by atoms with E-state index in [1.54, 1.807) is 12.3 Å². The highest BCUT2D eigenvalue weighted by Gasteiger charge is 2.15. The summed E-state index contributed by atoms with van der Waals surface area (Å²) in [7, 11) is 0. The van der Waals surface area contributed by atoms with E-state index in [2.05, 4.69) is 48.1 Å². The number of halogens is 2. The first-order valence-electron chi connectivity index (χ1n) is 12.2. The van der Waals surface area contributed by atoms with Gasteiger partial charge in [0.15, 0.2) is 0 Å². The second kappa shape index (κ2) is 10.1. The zero-order chi connectivity index (χ0) is 26.0. The highest BCUT2D eigenvalue weighted by molar-refractivity contribution is 5.60. The third-order valence-electron chi connectivity index (χ3n) is 6.36. The van der Waals surface area contributed by atoms with Gasteiger partial charge in [-0.1, -0.05) is 51.1 Å². The van der Waals surface area contributed by atoms with Crippen LogP contribution in [0.1, 0.15) is 37.5 Å². The van der Waals surface area contributed by atoms with Crippen molar-refractivity contribution in [2.24, 2.45) is 0 Å². The number of hydrogen-bond acceptors (Lipinski definition) is 4. The molecule has 0 N–H and O–H groups in total. The van der Waals surface area contributed by atoms with Crippen molar-refractivity contribution in [3.05, 3.63) is 113 Å². The van der Waals surface area contributed by atoms with E-state index < -0.39 is 11.6 Å². The van der Waals surface area contributed by atoms with Gasteiger partial charge in [-0.2, -0.15) is 0 Å². The zero-order valence-electron chi connectivity index (χ0n) is 21.0. The smallest absolute Gasteiger partial charge is 0.248 e. The van der Waals surface area contributed by atoms with Crippen molar-refractivity contribution in [2.45, 2.75) is 39.0 Å². The molecule has 2 heterocycles. The maximum Gasteiger partial charge on any atom is 0.248 e. The molecule has 6 heteroatoms. The van der Waals surface area contributed by atoms with Crippen molar-refractivity contribution in [2.75, 3.05) is 0 Å². The fraction of sp³-hybridized carbons (Fsp3) is 0.194. The van der Waals surface area contributed by atoms with Gasteiger partial charge < -0.3 is 4.42 Å². The minimum Gasteiger partial charge on any atom is -0.416 e. The molecule has 0 aliphatic carbocycles. The normalized spacial score (nSPS) is 11.6. The first kappa shape index (κ1) is 24.5. The molecule has 0 aliphatic rings. The zero-order valence-corrected chi connectivity index (χ0v) is 21.0. The molecule has 0 unspecified atom stereocenters. The topological polar surface area (TPSA) is 51.8 Å². The summed E-state index contributed by atoms with van der Waals surface area (Å²) in [6.07, 6.45) is 3.34. The van der Waals surface area contributed by atoms with E-state index >= 15 is 0 Å². The van der Waals surface area contributed by atoms with Gasteiger partial charge in [0, 0.05) is 29.0 Å². The van der Waals surface area contributed by atoms with Crippen molar-refractivity contribution in [3.8, 4) is 34.2 Å². The van der Waals surface area contributed by atoms with Gasteiger partial charge in [0.25, 0.3) is 0 Å². The quantitative estimate of drug-likeness (QED) is 0.241. The van der Waals surface area contributed by atoms with Crippen molar-refractivity contribution < 1.29 is 13.2 Å². The fourth-order valence-corrected chi connectivity index (χ4v) is 4.10. The number of aromatic nitrogens is 3. The molecule has 0 spiro atoms. The van der Waals surface area contributed by atoms with E-state index in [1.807, 2.05) is 42.5 Å². The Balaban J connectivity index is 1.21. The Labute approximate surface area is 215 Å². The first-order chi connectivity index (χ1) is 17.8. The summed E-state index contributed by atoms with van der Waals surface area (Å²) < 4.78 is 33.1. The number of nitrogens with zero attached hydrogens (tertiary/aromatic N) is 3. The highest BCUT2D eigenvalue weighted by Crippen LogP contribution is 2.28. The summed E-state index contributed by atoms with van der Waals surface area (Å²) >= 11 is 0. The van der Waals surface area contributed by atoms with Gasteiger partial charge >= 0.3 is 0 Å². The standard InChI is InChI=1S/C31H27F2N3O/c1-31(2,3)24-13-11-23(12-14-24)30-36-35-29(37-30)22-9-6-20(7-10-22)4-5-21-8-17-28(34-19-21)26-16-15-25(32)18-27(26)33/h6-19H,4-5H2,1-3H3. The molecular weight excluding hydrogens is 468 g/mol. The van der Waals surface area contributed by atoms with Crippen LogP contribution in [0.15, 0.2) is 89.5 Å². The summed E-state index contributed by atoms with van der Waals surface area (Å²) in [5.74, 6) is -0.244. The second-order valence-corrected chi connectivity index (χ2v) is 10.1. The first-order valence-corrected chi connectivity index (χ1v) is 12.2. The molecule has 4 nitrogen and oxygen atoms in total. The van der Waals surface area contributed by atoms with Crippen LogP contribution < -0.4 is 0 Å². The molecule has 0 saturated carbocycles. The summed E-state index contributed by atoms with van der Waals surface area (Å²) in [6, 6.07) is 23.5. The van der Waals surface area contributed by atoms with Crippen LogP contribution >= 0.6 is 0 Å². The Hall–Kier alpha value is -4.19. The van der Waals surface area contributed by atoms with E-state index in [0.29, 0.717) is 17.5 Å². The van der Waals surface area contributed by atoms with Gasteiger partial charge in [0.1, 0.15) is 11.6 Å². The largest absolute Gasteiger partial charge is 0.416 e. The van der Waals surface area contributed by atoms with Gasteiger partial charge in [-0.05, 0) is 77.4 Å². The molecule has 2 aromatic heterocycles. The molecule has 0 amide bonds. The SMILES string of the molecule is CC(C)(C)c1ccc(-c2nnc(-c3ccc(CCc4ccc(-c5ccc(F)cc5F)nc4)cc3)o2)cc1. The third kappa shape index (κ3) is 5.64. The van der Waals surface area contributed by atoms with Crippen molar-refractivity contribution in [3.63, 3.8) is 0 Å². The van der Waals surface area contributed by atoms with Crippen molar-refractivity contribution in [1.82, 2.24) is 15.2 Å². The van der Waals surface area contributed by atoms with Gasteiger partial charge in [0.05, 0.1) is 5.69 Å². The van der Waals surface area contributed by atoms with E-state index in [1.165, 1.54) is 17.7 Å². The van der Waals surface area contributed by atoms with E-state index in [0.717, 1.165) is 41.2 Å². The lowest BCUT2D eigenvalue weighted by molar-refractivity contribution is 0.582. The van der Waals surface area contributed by atoms with Crippen LogP contribution in [-0.4, -0.2) is 15.2 Å². The molecule has 0 radical (unpaired) electrons. The maximum atomic E-state index is 14.0. The predicted molar refractivity (Wildman–Crippen MR) is 141 cm³/mol. The average Bonchev–Trinajstić information content (AvgIpc) is 3.38. The summed E-state index contributed by atoms with van der Waals surface area (Å²) in [4.78, 5) is 4.36. The van der Waals surface area contributed by atoms with Crippen LogP contribution in [-0.2, 0) is 18.3 Å². The Morgan fingerprint density at radius 3 is 1.86 bits per heavy atom. The summed E-state index contributed by atoms with van der Waals surface area (Å²) in [5.41, 5.74) is 6.06. The van der Waals surface area contributed by atoms with Crippen molar-refractivity contribution in [1.29, 1.82) is 0 Å². The van der Waals surface area contributed by atoms with E-state index in [9.17, 15) is 8.78 Å². The molecular formula is C31H27F2N3O. The minimum absolute atomic E-state index is 0.0870. The lowest BCUT2D eigenvalue weighted by atomic mass is 9.87. The van der Waals surface area contributed by atoms with Crippen LogP contribution in [0.5, 0.6) is 0 Å². The number of aryl methyl sites for hydroxylation is 2. The lowest BCUT2D eigenvalue weighted by Crippen LogP contribution is -2.10. The third-order valence-corrected chi connectivity index (χ3v) is 6.36. The summed E-state index contributed by atoms with van der Waals surface area (Å²) in [5, 5.41) is 8.46. The molecule has 186 valence electrons. The maximum absolute atomic E-state index is 14.0. The lowest BCUT2D eigenvalue weighted by Gasteiger charge is -2.18. The fourth-order valence-electron chi connectivity index (χ4n) is 4.10. The Kier molecular flexibility index (Phi) is 6.66. The minimum atomic E-state index is -0.618. The molecule has 5 rings (SSSR count). The summed E-state index contributed by atoms with van der Waals surface area (Å²) in [6.45, 7) is 6.55. The number of hydrogen-bond donors (Lipinski definition) is 0. The Morgan fingerprint density at radius 1 is 0.703 bits per heavy atom. The van der Waals surface area contributed by atoms with Gasteiger partial charge in [-0.15, -0.1) is 10.2 Å². The number of pyridine rings is 1. The molecule has 0 bridgehead atoms. The van der Waals surface area contributed by atoms with Crippen LogP contribution in [0.3, 0.4) is 0 Å². The molecule has 5 aromatic rings. The predicted octanol–water partition coefficient (Wildman–Crippen LogP) is 7.83. The molecule has 3 aromatic carbocycles. The highest BCUT2D eigenvalue weighted by atomic mass is 19.1. The monoisotopic (exact) mass is 495 g/mol.